The lowest BCUT2D eigenvalue weighted by molar-refractivity contribution is -0.137. The van der Waals surface area contributed by atoms with Crippen LogP contribution < -0.4 is 21.3 Å². The fourth-order valence-electron chi connectivity index (χ4n) is 3.21. The number of hydrogen-bond donors (Lipinski definition) is 3. The van der Waals surface area contributed by atoms with Crippen molar-refractivity contribution < 1.29 is 14.4 Å². The van der Waals surface area contributed by atoms with E-state index in [1.807, 2.05) is 35.2 Å². The second kappa shape index (κ2) is 8.66. The first-order valence-corrected chi connectivity index (χ1v) is 9.13. The molecule has 1 fully saturated rings. The number of carbonyl (C=O) groups is 3. The van der Waals surface area contributed by atoms with Gasteiger partial charge in [-0.1, -0.05) is 30.3 Å². The van der Waals surface area contributed by atoms with Crippen LogP contribution in [0.5, 0.6) is 0 Å². The Kier molecular flexibility index (Phi) is 6.05. The van der Waals surface area contributed by atoms with Gasteiger partial charge >= 0.3 is 0 Å². The Labute approximate surface area is 162 Å². The summed E-state index contributed by atoms with van der Waals surface area (Å²) < 4.78 is 1.56. The highest BCUT2D eigenvalue weighted by atomic mass is 16.2. The van der Waals surface area contributed by atoms with Gasteiger partial charge in [0.15, 0.2) is 5.82 Å². The molecule has 2 amide bonds. The summed E-state index contributed by atoms with van der Waals surface area (Å²) in [6.45, 7) is 3.05. The van der Waals surface area contributed by atoms with Crippen LogP contribution in [0.15, 0.2) is 36.5 Å². The summed E-state index contributed by atoms with van der Waals surface area (Å²) in [5, 5.41) is 10.3. The van der Waals surface area contributed by atoms with Gasteiger partial charge in [-0.3, -0.25) is 19.1 Å². The zero-order valence-corrected chi connectivity index (χ0v) is 15.7. The zero-order chi connectivity index (χ0) is 20.1. The molecule has 1 unspecified atom stereocenters. The SMILES string of the molecule is Cn1cc(C(=O)NC(Cc2ccccc2)C(=O)C(N)=O)c(N2CCNCC2)n1. The van der Waals surface area contributed by atoms with Crippen LogP contribution in [0.2, 0.25) is 0 Å². The molecule has 0 radical (unpaired) electrons. The lowest BCUT2D eigenvalue weighted by atomic mass is 10.0. The van der Waals surface area contributed by atoms with E-state index in [2.05, 4.69) is 15.7 Å². The van der Waals surface area contributed by atoms with E-state index in [1.165, 1.54) is 0 Å². The second-order valence-electron chi connectivity index (χ2n) is 6.72. The zero-order valence-electron chi connectivity index (χ0n) is 15.7. The minimum atomic E-state index is -1.07. The summed E-state index contributed by atoms with van der Waals surface area (Å²) in [6.07, 6.45) is 1.79. The number of ketones is 1. The number of aromatic nitrogens is 2. The van der Waals surface area contributed by atoms with E-state index in [4.69, 9.17) is 5.73 Å². The fourth-order valence-corrected chi connectivity index (χ4v) is 3.21. The minimum absolute atomic E-state index is 0.178. The molecule has 0 aliphatic carbocycles. The topological polar surface area (TPSA) is 122 Å². The molecule has 1 aromatic carbocycles. The van der Waals surface area contributed by atoms with E-state index >= 15 is 0 Å². The predicted molar refractivity (Wildman–Crippen MR) is 104 cm³/mol. The first-order valence-electron chi connectivity index (χ1n) is 9.13. The van der Waals surface area contributed by atoms with E-state index in [-0.39, 0.29) is 6.42 Å². The Balaban J connectivity index is 1.81. The Bertz CT molecular complexity index is 858. The molecule has 9 nitrogen and oxygen atoms in total. The lowest BCUT2D eigenvalue weighted by Crippen LogP contribution is -2.48. The Morgan fingerprint density at radius 3 is 2.54 bits per heavy atom. The van der Waals surface area contributed by atoms with Crippen molar-refractivity contribution >= 4 is 23.4 Å². The molecule has 2 heterocycles. The first kappa shape index (κ1) is 19.6. The standard InChI is InChI=1S/C19H24N6O3/c1-24-12-14(18(23-24)25-9-7-21-8-10-25)19(28)22-15(16(26)17(20)27)11-13-5-3-2-4-6-13/h2-6,12,15,21H,7-11H2,1H3,(H2,20,27)(H,22,28). The fraction of sp³-hybridized carbons (Fsp3) is 0.368. The molecule has 0 spiro atoms. The summed E-state index contributed by atoms with van der Waals surface area (Å²) in [5.41, 5.74) is 6.36. The van der Waals surface area contributed by atoms with Crippen molar-refractivity contribution in [3.8, 4) is 0 Å². The molecule has 0 bridgehead atoms. The van der Waals surface area contributed by atoms with Crippen LogP contribution in [0, 0.1) is 0 Å². The summed E-state index contributed by atoms with van der Waals surface area (Å²) in [5.74, 6) is -1.80. The largest absolute Gasteiger partial charge is 0.363 e. The number of anilines is 1. The smallest absolute Gasteiger partial charge is 0.287 e. The minimum Gasteiger partial charge on any atom is -0.363 e. The Morgan fingerprint density at radius 1 is 1.21 bits per heavy atom. The summed E-state index contributed by atoms with van der Waals surface area (Å²) >= 11 is 0. The van der Waals surface area contributed by atoms with Crippen molar-refractivity contribution in [3.63, 3.8) is 0 Å². The number of nitrogens with two attached hydrogens (primary N) is 1. The molecule has 1 aliphatic rings. The van der Waals surface area contributed by atoms with Gasteiger partial charge in [0.2, 0.25) is 5.78 Å². The van der Waals surface area contributed by atoms with Gasteiger partial charge in [-0.05, 0) is 5.56 Å². The number of benzene rings is 1. The third-order valence-corrected chi connectivity index (χ3v) is 4.62. The van der Waals surface area contributed by atoms with Gasteiger partial charge in [0, 0.05) is 45.8 Å². The maximum absolute atomic E-state index is 12.9. The molecule has 1 atom stereocenters. The van der Waals surface area contributed by atoms with Gasteiger partial charge < -0.3 is 21.3 Å². The molecule has 1 aromatic heterocycles. The van der Waals surface area contributed by atoms with E-state index in [1.54, 1.807) is 17.9 Å². The molecule has 1 aliphatic heterocycles. The van der Waals surface area contributed by atoms with Crippen molar-refractivity contribution in [1.82, 2.24) is 20.4 Å². The normalized spacial score (nSPS) is 15.1. The Hall–Kier alpha value is -3.20. The van der Waals surface area contributed by atoms with Crippen LogP contribution in [-0.4, -0.2) is 59.6 Å². The van der Waals surface area contributed by atoms with Crippen molar-refractivity contribution in [1.29, 1.82) is 0 Å². The molecule has 3 rings (SSSR count). The third-order valence-electron chi connectivity index (χ3n) is 4.62. The van der Waals surface area contributed by atoms with Crippen LogP contribution >= 0.6 is 0 Å². The molecular formula is C19H24N6O3. The summed E-state index contributed by atoms with van der Waals surface area (Å²) in [6, 6.07) is 8.11. The number of nitrogens with one attached hydrogen (secondary N) is 2. The van der Waals surface area contributed by atoms with Gasteiger partial charge in [-0.25, -0.2) is 0 Å². The van der Waals surface area contributed by atoms with E-state index in [0.29, 0.717) is 11.4 Å². The molecule has 2 aromatic rings. The molecule has 28 heavy (non-hydrogen) atoms. The first-order chi connectivity index (χ1) is 13.5. The molecule has 9 heteroatoms. The monoisotopic (exact) mass is 384 g/mol. The van der Waals surface area contributed by atoms with Crippen LogP contribution in [0.1, 0.15) is 15.9 Å². The maximum atomic E-state index is 12.9. The maximum Gasteiger partial charge on any atom is 0.287 e. The number of carbonyl (C=O) groups excluding carboxylic acids is 3. The van der Waals surface area contributed by atoms with E-state index in [9.17, 15) is 14.4 Å². The second-order valence-corrected chi connectivity index (χ2v) is 6.72. The number of rotatable bonds is 7. The van der Waals surface area contributed by atoms with Crippen LogP contribution in [0.3, 0.4) is 0 Å². The summed E-state index contributed by atoms with van der Waals surface area (Å²) in [4.78, 5) is 38.7. The Morgan fingerprint density at radius 2 is 1.89 bits per heavy atom. The number of hydrogen-bond acceptors (Lipinski definition) is 6. The van der Waals surface area contributed by atoms with Gasteiger partial charge in [-0.15, -0.1) is 0 Å². The van der Waals surface area contributed by atoms with E-state index < -0.39 is 23.6 Å². The molecule has 1 saturated heterocycles. The average Bonchev–Trinajstić information content (AvgIpc) is 3.10. The number of aryl methyl sites for hydroxylation is 1. The molecular weight excluding hydrogens is 360 g/mol. The van der Waals surface area contributed by atoms with Crippen molar-refractivity contribution in [2.75, 3.05) is 31.1 Å². The molecule has 0 saturated carbocycles. The van der Waals surface area contributed by atoms with Gasteiger partial charge in [0.1, 0.15) is 11.6 Å². The van der Waals surface area contributed by atoms with E-state index in [0.717, 1.165) is 31.7 Å². The molecule has 148 valence electrons. The number of nitrogens with zero attached hydrogens (tertiary/aromatic N) is 3. The highest BCUT2D eigenvalue weighted by molar-refractivity contribution is 6.38. The van der Waals surface area contributed by atoms with Crippen molar-refractivity contribution in [2.45, 2.75) is 12.5 Å². The lowest BCUT2D eigenvalue weighted by Gasteiger charge is -2.28. The number of amides is 2. The molecule has 4 N–H and O–H groups in total. The highest BCUT2D eigenvalue weighted by Gasteiger charge is 2.29. The van der Waals surface area contributed by atoms with Crippen LogP contribution in [0.4, 0.5) is 5.82 Å². The van der Waals surface area contributed by atoms with Crippen LogP contribution in [-0.2, 0) is 23.1 Å². The number of primary amides is 1. The van der Waals surface area contributed by atoms with Gasteiger partial charge in [0.25, 0.3) is 11.8 Å². The third kappa shape index (κ3) is 4.55. The average molecular weight is 384 g/mol. The predicted octanol–water partition coefficient (Wildman–Crippen LogP) is -0.775. The van der Waals surface area contributed by atoms with Gasteiger partial charge in [-0.2, -0.15) is 5.10 Å². The number of piperazine rings is 1. The number of Topliss-reactive ketones (excluding diaryl/α,β-unsaturated/α-hetero) is 1. The van der Waals surface area contributed by atoms with Gasteiger partial charge in [0.05, 0.1) is 0 Å². The quantitative estimate of drug-likeness (QED) is 0.539. The summed E-state index contributed by atoms with van der Waals surface area (Å²) in [7, 11) is 1.73. The van der Waals surface area contributed by atoms with Crippen LogP contribution in [0.25, 0.3) is 0 Å². The van der Waals surface area contributed by atoms with Crippen molar-refractivity contribution in [2.24, 2.45) is 12.8 Å². The van der Waals surface area contributed by atoms with Crippen molar-refractivity contribution in [3.05, 3.63) is 47.7 Å². The highest BCUT2D eigenvalue weighted by Crippen LogP contribution is 2.19.